The lowest BCUT2D eigenvalue weighted by Crippen LogP contribution is -2.28. The van der Waals surface area contributed by atoms with Gasteiger partial charge in [-0.3, -0.25) is 0 Å². The molecular weight excluding hydrogens is 632 g/mol. The number of hydrogen-bond acceptors (Lipinski definition) is 3. The van der Waals surface area contributed by atoms with Gasteiger partial charge in [-0.25, -0.2) is 26.3 Å². The Morgan fingerprint density at radius 3 is 1.87 bits per heavy atom. The second-order valence-corrected chi connectivity index (χ2v) is 11.1. The summed E-state index contributed by atoms with van der Waals surface area (Å²) < 4.78 is 134. The Kier molecular flexibility index (Phi) is 10.4. The highest BCUT2D eigenvalue weighted by Crippen LogP contribution is 2.39. The van der Waals surface area contributed by atoms with Crippen LogP contribution < -0.4 is 4.74 Å². The zero-order valence-electron chi connectivity index (χ0n) is 25.4. The van der Waals surface area contributed by atoms with Gasteiger partial charge in [0.1, 0.15) is 46.2 Å². The zero-order valence-corrected chi connectivity index (χ0v) is 25.4. The van der Waals surface area contributed by atoms with Crippen molar-refractivity contribution in [3.8, 4) is 28.0 Å². The summed E-state index contributed by atoms with van der Waals surface area (Å²) in [6, 6.07) is 9.26. The molecule has 11 heteroatoms. The molecule has 0 atom stereocenters. The van der Waals surface area contributed by atoms with Gasteiger partial charge in [0.25, 0.3) is 0 Å². The summed E-state index contributed by atoms with van der Waals surface area (Å²) >= 11 is 0. The summed E-state index contributed by atoms with van der Waals surface area (Å²) in [5, 5.41) is 0. The molecule has 0 spiro atoms. The molecule has 248 valence electrons. The van der Waals surface area contributed by atoms with Crippen LogP contribution in [0.5, 0.6) is 5.75 Å². The molecule has 0 saturated carbocycles. The van der Waals surface area contributed by atoms with Crippen molar-refractivity contribution in [1.29, 1.82) is 0 Å². The molecule has 0 aliphatic carbocycles. The first-order valence-corrected chi connectivity index (χ1v) is 15.0. The van der Waals surface area contributed by atoms with Crippen LogP contribution in [-0.4, -0.2) is 13.2 Å². The average Bonchev–Trinajstić information content (AvgIpc) is 3.01. The van der Waals surface area contributed by atoms with Crippen LogP contribution in [0.4, 0.5) is 35.1 Å². The number of alkyl halides is 2. The SMILES string of the molecule is CC/C=C/C1COC(c2cc(F)c(C(F)(F)Oc3ccc(-c4ccc(-c5cc(F)c(CCC)c(F)c5)c(F)c4)c(F)c3)c(F)c2)OC1. The van der Waals surface area contributed by atoms with Gasteiger partial charge in [-0.15, -0.1) is 0 Å². The molecule has 0 amide bonds. The average molecular weight is 663 g/mol. The van der Waals surface area contributed by atoms with Gasteiger partial charge in [-0.1, -0.05) is 44.6 Å². The van der Waals surface area contributed by atoms with E-state index in [9.17, 15) is 17.6 Å². The Hall–Kier alpha value is -4.22. The van der Waals surface area contributed by atoms with Gasteiger partial charge >= 0.3 is 6.11 Å². The van der Waals surface area contributed by atoms with Gasteiger partial charge in [0.05, 0.1) is 13.2 Å². The van der Waals surface area contributed by atoms with E-state index < -0.39 is 58.6 Å². The van der Waals surface area contributed by atoms with Crippen molar-refractivity contribution < 1.29 is 49.3 Å². The van der Waals surface area contributed by atoms with Crippen molar-refractivity contribution in [2.45, 2.75) is 45.5 Å². The summed E-state index contributed by atoms with van der Waals surface area (Å²) in [6.07, 6.45) is -0.423. The molecule has 1 aliphatic heterocycles. The number of rotatable bonds is 10. The van der Waals surface area contributed by atoms with Crippen molar-refractivity contribution in [3.05, 3.63) is 124 Å². The lowest BCUT2D eigenvalue weighted by Gasteiger charge is -2.28. The third-order valence-corrected chi connectivity index (χ3v) is 7.61. The van der Waals surface area contributed by atoms with Crippen LogP contribution in [0.25, 0.3) is 22.3 Å². The monoisotopic (exact) mass is 662 g/mol. The van der Waals surface area contributed by atoms with Crippen molar-refractivity contribution in [3.63, 3.8) is 0 Å². The van der Waals surface area contributed by atoms with Gasteiger partial charge in [0.15, 0.2) is 6.29 Å². The lowest BCUT2D eigenvalue weighted by atomic mass is 9.97. The first-order valence-electron chi connectivity index (χ1n) is 15.0. The topological polar surface area (TPSA) is 27.7 Å². The van der Waals surface area contributed by atoms with E-state index in [4.69, 9.17) is 9.47 Å². The highest BCUT2D eigenvalue weighted by atomic mass is 19.3. The van der Waals surface area contributed by atoms with E-state index in [0.717, 1.165) is 36.8 Å². The summed E-state index contributed by atoms with van der Waals surface area (Å²) in [7, 11) is 0. The van der Waals surface area contributed by atoms with E-state index >= 15 is 17.6 Å². The van der Waals surface area contributed by atoms with Gasteiger partial charge in [0.2, 0.25) is 0 Å². The van der Waals surface area contributed by atoms with Crippen molar-refractivity contribution in [1.82, 2.24) is 0 Å². The predicted octanol–water partition coefficient (Wildman–Crippen LogP) is 10.6. The summed E-state index contributed by atoms with van der Waals surface area (Å²) in [5.74, 6) is -7.74. The lowest BCUT2D eigenvalue weighted by molar-refractivity contribution is -0.198. The van der Waals surface area contributed by atoms with E-state index in [-0.39, 0.29) is 58.9 Å². The minimum absolute atomic E-state index is 0.0156. The third-order valence-electron chi connectivity index (χ3n) is 7.61. The maximum absolute atomic E-state index is 15.1. The van der Waals surface area contributed by atoms with Crippen LogP contribution in [-0.2, 0) is 22.0 Å². The second-order valence-electron chi connectivity index (χ2n) is 11.1. The Balaban J connectivity index is 1.32. The maximum Gasteiger partial charge on any atom is 0.432 e. The Morgan fingerprint density at radius 2 is 1.30 bits per heavy atom. The van der Waals surface area contributed by atoms with Gasteiger partial charge in [0, 0.05) is 34.2 Å². The van der Waals surface area contributed by atoms with Crippen LogP contribution in [0, 0.1) is 40.8 Å². The van der Waals surface area contributed by atoms with Gasteiger partial charge < -0.3 is 14.2 Å². The largest absolute Gasteiger partial charge is 0.432 e. The molecule has 0 bridgehead atoms. The van der Waals surface area contributed by atoms with E-state index in [0.29, 0.717) is 24.6 Å². The fourth-order valence-corrected chi connectivity index (χ4v) is 5.31. The third kappa shape index (κ3) is 7.52. The normalized spacial score (nSPS) is 17.0. The molecule has 4 aromatic carbocycles. The van der Waals surface area contributed by atoms with Gasteiger partial charge in [-0.05, 0) is 66.4 Å². The molecular formula is C36H30F8O3. The van der Waals surface area contributed by atoms with Crippen LogP contribution >= 0.6 is 0 Å². The standard InChI is InChI=1S/C36H30F8O3/c1-3-5-7-20-18-45-35(46-19-20)23-15-32(41)34(33(42)16-23)36(43,44)47-24-9-11-25(31(40)17-24)21-8-10-26(28(37)12-21)22-13-29(38)27(6-4-2)30(39)14-22/h5,7-17,20,35H,3-4,6,18-19H2,1-2H3/b7-5+. The van der Waals surface area contributed by atoms with Crippen LogP contribution in [0.15, 0.2) is 72.8 Å². The minimum Gasteiger partial charge on any atom is -0.429 e. The van der Waals surface area contributed by atoms with E-state index in [2.05, 4.69) is 4.74 Å². The molecule has 1 aliphatic rings. The minimum atomic E-state index is -4.56. The quantitative estimate of drug-likeness (QED) is 0.125. The van der Waals surface area contributed by atoms with Crippen molar-refractivity contribution in [2.75, 3.05) is 13.2 Å². The van der Waals surface area contributed by atoms with E-state index in [1.54, 1.807) is 6.92 Å². The molecule has 1 saturated heterocycles. The molecule has 5 rings (SSSR count). The summed E-state index contributed by atoms with van der Waals surface area (Å²) in [6.45, 7) is 4.12. The number of allylic oxidation sites excluding steroid dienone is 1. The second kappa shape index (κ2) is 14.3. The molecule has 47 heavy (non-hydrogen) atoms. The van der Waals surface area contributed by atoms with Crippen LogP contribution in [0.2, 0.25) is 0 Å². The first-order chi connectivity index (χ1) is 22.4. The van der Waals surface area contributed by atoms with Gasteiger partial charge in [-0.2, -0.15) is 8.78 Å². The summed E-state index contributed by atoms with van der Waals surface area (Å²) in [4.78, 5) is 0. The molecule has 0 unspecified atom stereocenters. The zero-order chi connectivity index (χ0) is 33.9. The van der Waals surface area contributed by atoms with Crippen LogP contribution in [0.3, 0.4) is 0 Å². The maximum atomic E-state index is 15.1. The molecule has 1 heterocycles. The smallest absolute Gasteiger partial charge is 0.429 e. The number of benzene rings is 4. The molecule has 3 nitrogen and oxygen atoms in total. The molecule has 0 aromatic heterocycles. The highest BCUT2D eigenvalue weighted by Gasteiger charge is 2.42. The molecule has 4 aromatic rings. The highest BCUT2D eigenvalue weighted by molar-refractivity contribution is 5.72. The number of ether oxygens (including phenoxy) is 3. The number of hydrogen-bond donors (Lipinski definition) is 0. The van der Waals surface area contributed by atoms with Crippen LogP contribution in [0.1, 0.15) is 49.7 Å². The number of halogens is 8. The molecule has 0 radical (unpaired) electrons. The van der Waals surface area contributed by atoms with Crippen molar-refractivity contribution in [2.24, 2.45) is 5.92 Å². The fourth-order valence-electron chi connectivity index (χ4n) is 5.31. The van der Waals surface area contributed by atoms with Crippen molar-refractivity contribution >= 4 is 0 Å². The summed E-state index contributed by atoms with van der Waals surface area (Å²) in [5.41, 5.74) is -2.38. The fraction of sp³-hybridized carbons (Fsp3) is 0.278. The first kappa shape index (κ1) is 34.1. The molecule has 1 fully saturated rings. The molecule has 0 N–H and O–H groups in total. The van der Waals surface area contributed by atoms with E-state index in [1.807, 2.05) is 19.1 Å². The Morgan fingerprint density at radius 1 is 0.723 bits per heavy atom. The Bertz CT molecular complexity index is 1730. The predicted molar refractivity (Wildman–Crippen MR) is 160 cm³/mol. The van der Waals surface area contributed by atoms with E-state index in [1.165, 1.54) is 12.1 Å². The Labute approximate surface area is 266 Å².